The summed E-state index contributed by atoms with van der Waals surface area (Å²) in [6, 6.07) is 6.16. The first-order valence-electron chi connectivity index (χ1n) is 5.71. The molecule has 0 amide bonds. The average molecular weight is 363 g/mol. The van der Waals surface area contributed by atoms with Crippen molar-refractivity contribution in [3.8, 4) is 5.75 Å². The molecule has 19 heavy (non-hydrogen) atoms. The van der Waals surface area contributed by atoms with Gasteiger partial charge in [-0.05, 0) is 40.2 Å². The van der Waals surface area contributed by atoms with Crippen molar-refractivity contribution in [3.63, 3.8) is 0 Å². The Morgan fingerprint density at radius 1 is 1.42 bits per heavy atom. The van der Waals surface area contributed by atoms with Gasteiger partial charge in [-0.1, -0.05) is 11.6 Å². The standard InChI is InChI=1S/C13H10BrClFNOS/c14-8-4-12(19-13(8)15)11-5-9(17)7-3-6(16)1-2-10(7)18-11/h1-4,9,11H,5,17H2. The topological polar surface area (TPSA) is 35.2 Å². The van der Waals surface area contributed by atoms with Crippen molar-refractivity contribution in [2.75, 3.05) is 0 Å². The minimum absolute atomic E-state index is 0.137. The van der Waals surface area contributed by atoms with E-state index in [-0.39, 0.29) is 18.0 Å². The summed E-state index contributed by atoms with van der Waals surface area (Å²) in [6.45, 7) is 0. The fourth-order valence-electron chi connectivity index (χ4n) is 2.17. The van der Waals surface area contributed by atoms with Crippen molar-refractivity contribution >= 4 is 38.9 Å². The number of rotatable bonds is 1. The minimum Gasteiger partial charge on any atom is -0.484 e. The molecule has 0 bridgehead atoms. The maximum atomic E-state index is 13.2. The molecule has 2 unspecified atom stereocenters. The molecular formula is C13H10BrClFNOS. The summed E-state index contributed by atoms with van der Waals surface area (Å²) in [5.74, 6) is 0.351. The van der Waals surface area contributed by atoms with Crippen molar-refractivity contribution < 1.29 is 9.13 Å². The van der Waals surface area contributed by atoms with Crippen molar-refractivity contribution in [2.24, 2.45) is 5.73 Å². The Morgan fingerprint density at radius 3 is 2.89 bits per heavy atom. The largest absolute Gasteiger partial charge is 0.484 e. The molecule has 1 aromatic heterocycles. The van der Waals surface area contributed by atoms with Crippen LogP contribution in [0.2, 0.25) is 4.34 Å². The Bertz CT molecular complexity index is 614. The molecule has 0 spiro atoms. The van der Waals surface area contributed by atoms with Crippen LogP contribution in [0.25, 0.3) is 0 Å². The number of hydrogen-bond acceptors (Lipinski definition) is 3. The zero-order valence-corrected chi connectivity index (χ0v) is 12.9. The highest BCUT2D eigenvalue weighted by Gasteiger charge is 2.29. The molecule has 2 N–H and O–H groups in total. The summed E-state index contributed by atoms with van der Waals surface area (Å²) in [5.41, 5.74) is 6.82. The van der Waals surface area contributed by atoms with Crippen molar-refractivity contribution in [1.82, 2.24) is 0 Å². The third-order valence-electron chi connectivity index (χ3n) is 3.09. The van der Waals surface area contributed by atoms with Gasteiger partial charge >= 0.3 is 0 Å². The van der Waals surface area contributed by atoms with Crippen LogP contribution in [0.15, 0.2) is 28.7 Å². The molecule has 2 atom stereocenters. The van der Waals surface area contributed by atoms with Gasteiger partial charge in [-0.15, -0.1) is 11.3 Å². The molecule has 1 aromatic carbocycles. The Kier molecular flexibility index (Phi) is 3.55. The summed E-state index contributed by atoms with van der Waals surface area (Å²) in [5, 5.41) is 0. The summed E-state index contributed by atoms with van der Waals surface area (Å²) in [4.78, 5) is 1.02. The number of benzene rings is 1. The summed E-state index contributed by atoms with van der Waals surface area (Å²) in [6.07, 6.45) is 0.474. The molecule has 3 rings (SSSR count). The smallest absolute Gasteiger partial charge is 0.135 e. The Labute approximate surface area is 127 Å². The van der Waals surface area contributed by atoms with Crippen molar-refractivity contribution in [1.29, 1.82) is 0 Å². The predicted molar refractivity (Wildman–Crippen MR) is 78.3 cm³/mol. The van der Waals surface area contributed by atoms with E-state index in [1.54, 1.807) is 6.07 Å². The van der Waals surface area contributed by atoms with E-state index in [1.807, 2.05) is 6.07 Å². The normalized spacial score (nSPS) is 21.9. The summed E-state index contributed by atoms with van der Waals surface area (Å²) < 4.78 is 20.7. The van der Waals surface area contributed by atoms with E-state index in [9.17, 15) is 4.39 Å². The highest BCUT2D eigenvalue weighted by atomic mass is 79.9. The van der Waals surface area contributed by atoms with E-state index >= 15 is 0 Å². The quantitative estimate of drug-likeness (QED) is 0.789. The highest BCUT2D eigenvalue weighted by Crippen LogP contribution is 2.44. The number of hydrogen-bond donors (Lipinski definition) is 1. The summed E-state index contributed by atoms with van der Waals surface area (Å²) in [7, 11) is 0. The Balaban J connectivity index is 1.94. The second-order valence-corrected chi connectivity index (χ2v) is 6.94. The zero-order chi connectivity index (χ0) is 13.6. The first-order valence-corrected chi connectivity index (χ1v) is 7.70. The number of fused-ring (bicyclic) bond motifs is 1. The summed E-state index contributed by atoms with van der Waals surface area (Å²) >= 11 is 10.9. The van der Waals surface area contributed by atoms with E-state index in [2.05, 4.69) is 15.9 Å². The van der Waals surface area contributed by atoms with Crippen LogP contribution < -0.4 is 10.5 Å². The van der Waals surface area contributed by atoms with E-state index in [0.717, 1.165) is 14.9 Å². The van der Waals surface area contributed by atoms with Crippen LogP contribution in [0.3, 0.4) is 0 Å². The van der Waals surface area contributed by atoms with Gasteiger partial charge in [0.1, 0.15) is 22.0 Å². The molecular weight excluding hydrogens is 353 g/mol. The second-order valence-electron chi connectivity index (χ2n) is 4.40. The van der Waals surface area contributed by atoms with E-state index in [1.165, 1.54) is 23.5 Å². The van der Waals surface area contributed by atoms with Gasteiger partial charge in [-0.25, -0.2) is 4.39 Å². The Hall–Kier alpha value is -0.620. The minimum atomic E-state index is -0.293. The molecule has 2 aromatic rings. The third-order valence-corrected chi connectivity index (χ3v) is 5.66. The fraction of sp³-hybridized carbons (Fsp3) is 0.231. The Morgan fingerprint density at radius 2 is 2.21 bits per heavy atom. The van der Waals surface area contributed by atoms with Crippen molar-refractivity contribution in [2.45, 2.75) is 18.6 Å². The van der Waals surface area contributed by atoms with E-state index in [0.29, 0.717) is 16.5 Å². The molecule has 0 saturated carbocycles. The van der Waals surface area contributed by atoms with Gasteiger partial charge in [0.15, 0.2) is 0 Å². The number of halogens is 3. The van der Waals surface area contributed by atoms with Crippen LogP contribution >= 0.6 is 38.9 Å². The van der Waals surface area contributed by atoms with Crippen molar-refractivity contribution in [3.05, 3.63) is 49.3 Å². The lowest BCUT2D eigenvalue weighted by atomic mass is 9.96. The van der Waals surface area contributed by atoms with Gasteiger partial charge in [0.05, 0.1) is 0 Å². The highest BCUT2D eigenvalue weighted by molar-refractivity contribution is 9.10. The van der Waals surface area contributed by atoms with Gasteiger partial charge < -0.3 is 10.5 Å². The molecule has 0 radical (unpaired) electrons. The lowest BCUT2D eigenvalue weighted by Crippen LogP contribution is -2.23. The van der Waals surface area contributed by atoms with Crippen LogP contribution in [-0.2, 0) is 0 Å². The maximum Gasteiger partial charge on any atom is 0.135 e. The SMILES string of the molecule is NC1CC(c2cc(Br)c(Cl)s2)Oc2ccc(F)cc21. The molecule has 0 saturated heterocycles. The molecule has 1 aliphatic rings. The average Bonchev–Trinajstić information content (AvgIpc) is 2.70. The number of ether oxygens (including phenoxy) is 1. The maximum absolute atomic E-state index is 13.2. The zero-order valence-electron chi connectivity index (χ0n) is 9.70. The first-order chi connectivity index (χ1) is 9.04. The van der Waals surface area contributed by atoms with Crippen LogP contribution in [0.4, 0.5) is 4.39 Å². The van der Waals surface area contributed by atoms with Crippen LogP contribution in [0, 0.1) is 5.82 Å². The van der Waals surface area contributed by atoms with Gasteiger partial charge in [0.25, 0.3) is 0 Å². The number of thiophene rings is 1. The molecule has 2 nitrogen and oxygen atoms in total. The third kappa shape index (κ3) is 2.52. The van der Waals surface area contributed by atoms with Crippen LogP contribution in [-0.4, -0.2) is 0 Å². The molecule has 2 heterocycles. The lowest BCUT2D eigenvalue weighted by Gasteiger charge is -2.29. The second kappa shape index (κ2) is 5.05. The first kappa shape index (κ1) is 13.4. The van der Waals surface area contributed by atoms with Crippen LogP contribution in [0.1, 0.15) is 29.0 Å². The van der Waals surface area contributed by atoms with Gasteiger partial charge in [-0.3, -0.25) is 0 Å². The van der Waals surface area contributed by atoms with E-state index < -0.39 is 0 Å². The van der Waals surface area contributed by atoms with Gasteiger partial charge in [-0.2, -0.15) is 0 Å². The van der Waals surface area contributed by atoms with Gasteiger partial charge in [0.2, 0.25) is 0 Å². The van der Waals surface area contributed by atoms with Gasteiger partial charge in [0, 0.05) is 27.4 Å². The molecule has 1 aliphatic heterocycles. The predicted octanol–water partition coefficient (Wildman–Crippen LogP) is 4.83. The molecule has 100 valence electrons. The molecule has 0 fully saturated rings. The van der Waals surface area contributed by atoms with E-state index in [4.69, 9.17) is 22.1 Å². The molecule has 0 aliphatic carbocycles. The monoisotopic (exact) mass is 361 g/mol. The lowest BCUT2D eigenvalue weighted by molar-refractivity contribution is 0.164. The van der Waals surface area contributed by atoms with Crippen LogP contribution in [0.5, 0.6) is 5.75 Å². The number of nitrogens with two attached hydrogens (primary N) is 1. The fourth-order valence-corrected chi connectivity index (χ4v) is 3.95. The molecule has 6 heteroatoms.